The molecule has 0 radical (unpaired) electrons. The summed E-state index contributed by atoms with van der Waals surface area (Å²) in [4.78, 5) is 37.6. The molecule has 1 fully saturated rings. The van der Waals surface area contributed by atoms with Gasteiger partial charge in [-0.2, -0.15) is 5.26 Å². The summed E-state index contributed by atoms with van der Waals surface area (Å²) < 4.78 is 30.5. The van der Waals surface area contributed by atoms with Crippen molar-refractivity contribution >= 4 is 41.4 Å². The molecule has 0 aliphatic carbocycles. The quantitative estimate of drug-likeness (QED) is 0.124. The molecular formula is C30H28F2N6O3S. The minimum atomic E-state index is -0.960. The lowest BCUT2D eigenvalue weighted by atomic mass is 10.0. The highest BCUT2D eigenvalue weighted by atomic mass is 32.2. The summed E-state index contributed by atoms with van der Waals surface area (Å²) in [5.41, 5.74) is 0.578. The molecule has 4 rings (SSSR count). The maximum Gasteiger partial charge on any atom is 0.246 e. The Morgan fingerprint density at radius 1 is 1.29 bits per heavy atom. The number of nitrogens with one attached hydrogen (secondary N) is 1. The first-order valence-electron chi connectivity index (χ1n) is 12.9. The van der Waals surface area contributed by atoms with Gasteiger partial charge in [-0.3, -0.25) is 9.59 Å². The number of aromatic nitrogens is 1. The van der Waals surface area contributed by atoms with E-state index in [0.717, 1.165) is 22.6 Å². The lowest BCUT2D eigenvalue weighted by molar-refractivity contribution is -0.130. The Labute approximate surface area is 246 Å². The van der Waals surface area contributed by atoms with E-state index in [1.807, 2.05) is 31.4 Å². The van der Waals surface area contributed by atoms with Crippen molar-refractivity contribution in [3.63, 3.8) is 0 Å². The predicted octanol–water partition coefficient (Wildman–Crippen LogP) is 5.02. The van der Waals surface area contributed by atoms with Crippen molar-refractivity contribution in [2.45, 2.75) is 24.3 Å². The van der Waals surface area contributed by atoms with Crippen LogP contribution in [0.2, 0.25) is 0 Å². The maximum atomic E-state index is 15.8. The molecule has 1 aliphatic heterocycles. The molecule has 0 saturated carbocycles. The van der Waals surface area contributed by atoms with Crippen LogP contribution in [0, 0.1) is 29.9 Å². The zero-order valence-electron chi connectivity index (χ0n) is 23.0. The van der Waals surface area contributed by atoms with Crippen LogP contribution in [-0.4, -0.2) is 70.0 Å². The van der Waals surface area contributed by atoms with Crippen LogP contribution >= 0.6 is 11.8 Å². The lowest BCUT2D eigenvalue weighted by Crippen LogP contribution is -2.56. The number of anilines is 1. The van der Waals surface area contributed by atoms with Gasteiger partial charge in [-0.25, -0.2) is 18.8 Å². The van der Waals surface area contributed by atoms with Crippen molar-refractivity contribution in [1.29, 1.82) is 5.26 Å². The number of rotatable bonds is 8. The summed E-state index contributed by atoms with van der Waals surface area (Å²) in [7, 11) is 0. The Balaban J connectivity index is 1.95. The maximum absolute atomic E-state index is 15.8. The average Bonchev–Trinajstić information content (AvgIpc) is 2.97. The number of piperazine rings is 1. The molecular weight excluding hydrogens is 562 g/mol. The van der Waals surface area contributed by atoms with E-state index in [1.165, 1.54) is 30.0 Å². The van der Waals surface area contributed by atoms with Crippen molar-refractivity contribution in [3.05, 3.63) is 77.9 Å². The number of hydrogen-bond acceptors (Lipinski definition) is 7. The van der Waals surface area contributed by atoms with Crippen molar-refractivity contribution in [2.75, 3.05) is 31.2 Å². The highest BCUT2D eigenvalue weighted by molar-refractivity contribution is 7.98. The smallest absolute Gasteiger partial charge is 0.246 e. The molecule has 2 heterocycles. The monoisotopic (exact) mass is 590 g/mol. The van der Waals surface area contributed by atoms with Gasteiger partial charge in [0.05, 0.1) is 35.3 Å². The van der Waals surface area contributed by atoms with Gasteiger partial charge in [0.2, 0.25) is 12.3 Å². The number of thioether (sulfide) groups is 1. The van der Waals surface area contributed by atoms with Crippen LogP contribution in [0.5, 0.6) is 5.75 Å². The topological polar surface area (TPSA) is 122 Å². The second-order valence-electron chi connectivity index (χ2n) is 9.37. The van der Waals surface area contributed by atoms with E-state index >= 15 is 4.39 Å². The first kappa shape index (κ1) is 30.2. The standard InChI is InChI=1S/C30H28F2N6O3S/c1-4-25(41)38-14-13-37(16-19(38)11-12-33)30(36-27-18(2)7-5-10-24(27)42-3)20-15-22(32)28(35-29(20)34-17-39)26-21(31)8-6-9-23(26)40/h4-10,15,17,19,40H,1,11,13-14,16H2,2-3H3,(H,34,35,39)/b36-30+. The summed E-state index contributed by atoms with van der Waals surface area (Å²) in [5.74, 6) is -2.59. The van der Waals surface area contributed by atoms with Crippen LogP contribution in [0.15, 0.2) is 65.0 Å². The van der Waals surface area contributed by atoms with Crippen LogP contribution < -0.4 is 5.32 Å². The lowest BCUT2D eigenvalue weighted by Gasteiger charge is -2.41. The number of nitrogens with zero attached hydrogens (tertiary/aromatic N) is 5. The number of para-hydroxylation sites is 1. The van der Waals surface area contributed by atoms with Crippen LogP contribution in [-0.2, 0) is 9.59 Å². The Bertz CT molecular complexity index is 1590. The predicted molar refractivity (Wildman–Crippen MR) is 158 cm³/mol. The summed E-state index contributed by atoms with van der Waals surface area (Å²) in [6.45, 7) is 6.10. The molecule has 3 aromatic rings. The number of halogens is 2. The Hall–Kier alpha value is -4.76. The second-order valence-corrected chi connectivity index (χ2v) is 10.2. The Morgan fingerprint density at radius 2 is 2.05 bits per heavy atom. The number of hydrogen-bond donors (Lipinski definition) is 2. The van der Waals surface area contributed by atoms with E-state index in [2.05, 4.69) is 22.9 Å². The van der Waals surface area contributed by atoms with Gasteiger partial charge in [0.15, 0.2) is 5.82 Å². The molecule has 9 nitrogen and oxygen atoms in total. The molecule has 1 saturated heterocycles. The largest absolute Gasteiger partial charge is 0.507 e. The van der Waals surface area contributed by atoms with Gasteiger partial charge in [-0.1, -0.05) is 24.8 Å². The van der Waals surface area contributed by atoms with Crippen molar-refractivity contribution in [2.24, 2.45) is 4.99 Å². The zero-order valence-corrected chi connectivity index (χ0v) is 23.8. The van der Waals surface area contributed by atoms with Crippen molar-refractivity contribution < 1.29 is 23.5 Å². The number of carbonyl (C=O) groups excluding carboxylic acids is 2. The molecule has 42 heavy (non-hydrogen) atoms. The van der Waals surface area contributed by atoms with Crippen LogP contribution in [0.1, 0.15) is 17.5 Å². The molecule has 2 aromatic carbocycles. The molecule has 12 heteroatoms. The molecule has 216 valence electrons. The van der Waals surface area contributed by atoms with E-state index in [-0.39, 0.29) is 49.2 Å². The zero-order chi connectivity index (χ0) is 30.4. The molecule has 1 aromatic heterocycles. The van der Waals surface area contributed by atoms with Gasteiger partial charge in [0.25, 0.3) is 0 Å². The fraction of sp³-hybridized carbons (Fsp3) is 0.233. The Kier molecular flexibility index (Phi) is 9.54. The number of carbonyl (C=O) groups is 2. The van der Waals surface area contributed by atoms with E-state index in [4.69, 9.17) is 4.99 Å². The van der Waals surface area contributed by atoms with Gasteiger partial charge >= 0.3 is 0 Å². The van der Waals surface area contributed by atoms with E-state index in [1.54, 1.807) is 9.80 Å². The van der Waals surface area contributed by atoms with Gasteiger partial charge in [-0.05, 0) is 49.1 Å². The highest BCUT2D eigenvalue weighted by Crippen LogP contribution is 2.36. The highest BCUT2D eigenvalue weighted by Gasteiger charge is 2.33. The third-order valence-corrected chi connectivity index (χ3v) is 7.62. The minimum Gasteiger partial charge on any atom is -0.507 e. The minimum absolute atomic E-state index is 0.0291. The third kappa shape index (κ3) is 6.11. The van der Waals surface area contributed by atoms with Gasteiger partial charge in [0, 0.05) is 24.5 Å². The Morgan fingerprint density at radius 3 is 2.71 bits per heavy atom. The summed E-state index contributed by atoms with van der Waals surface area (Å²) in [6.07, 6.45) is 3.47. The van der Waals surface area contributed by atoms with Crippen LogP contribution in [0.4, 0.5) is 20.3 Å². The SMILES string of the molecule is C=CC(=O)N1CCN(/C(=N/c2c(C)cccc2SC)c2cc(F)c(-c3c(O)cccc3F)nc2NC=O)CC1CC#N. The number of phenolic OH excluding ortho intramolecular Hbond substituents is 1. The molecule has 1 unspecified atom stereocenters. The number of pyridine rings is 1. The number of aromatic hydroxyl groups is 1. The van der Waals surface area contributed by atoms with Crippen molar-refractivity contribution in [3.8, 4) is 23.1 Å². The number of nitriles is 1. The molecule has 0 spiro atoms. The molecule has 1 aliphatic rings. The molecule has 2 amide bonds. The fourth-order valence-corrected chi connectivity index (χ4v) is 5.44. The van der Waals surface area contributed by atoms with E-state index in [0.29, 0.717) is 12.1 Å². The van der Waals surface area contributed by atoms with Gasteiger partial charge in [-0.15, -0.1) is 11.8 Å². The number of benzene rings is 2. The van der Waals surface area contributed by atoms with Gasteiger partial charge < -0.3 is 20.2 Å². The first-order valence-corrected chi connectivity index (χ1v) is 14.1. The third-order valence-electron chi connectivity index (χ3n) is 6.85. The molecule has 1 atom stereocenters. The normalized spacial score (nSPS) is 15.2. The first-order chi connectivity index (χ1) is 20.2. The summed E-state index contributed by atoms with van der Waals surface area (Å²) in [6, 6.07) is 11.9. The fourth-order valence-electron chi connectivity index (χ4n) is 4.83. The van der Waals surface area contributed by atoms with E-state index < -0.39 is 34.7 Å². The molecule has 0 bridgehead atoms. The second kappa shape index (κ2) is 13.3. The average molecular weight is 591 g/mol. The van der Waals surface area contributed by atoms with Crippen LogP contribution in [0.25, 0.3) is 11.3 Å². The number of amidine groups is 1. The summed E-state index contributed by atoms with van der Waals surface area (Å²) in [5, 5.41) is 22.2. The number of aryl methyl sites for hydroxylation is 1. The number of amides is 2. The molecule has 2 N–H and O–H groups in total. The number of aliphatic imine (C=N–C) groups is 1. The van der Waals surface area contributed by atoms with Gasteiger partial charge in [0.1, 0.15) is 28.9 Å². The van der Waals surface area contributed by atoms with Crippen molar-refractivity contribution in [1.82, 2.24) is 14.8 Å². The van der Waals surface area contributed by atoms with E-state index in [9.17, 15) is 24.3 Å². The summed E-state index contributed by atoms with van der Waals surface area (Å²) >= 11 is 1.47. The van der Waals surface area contributed by atoms with Crippen LogP contribution in [0.3, 0.4) is 0 Å². The number of phenols is 1.